The molecule has 0 fully saturated rings. The molecule has 8 heteroatoms. The summed E-state index contributed by atoms with van der Waals surface area (Å²) in [5, 5.41) is 4.16. The van der Waals surface area contributed by atoms with Crippen LogP contribution in [0.1, 0.15) is 5.56 Å². The molecular formula is C18H19N3O4S. The summed E-state index contributed by atoms with van der Waals surface area (Å²) >= 11 is 0. The van der Waals surface area contributed by atoms with Crippen molar-refractivity contribution in [3.8, 4) is 17.2 Å². The number of hydrogen-bond donors (Lipinski definition) is 1. The minimum atomic E-state index is -3.73. The number of nitrogens with one attached hydrogen (secondary N) is 1. The van der Waals surface area contributed by atoms with Crippen LogP contribution >= 0.6 is 0 Å². The molecule has 26 heavy (non-hydrogen) atoms. The van der Waals surface area contributed by atoms with Gasteiger partial charge in [-0.15, -0.1) is 0 Å². The summed E-state index contributed by atoms with van der Waals surface area (Å²) in [5.74, 6) is 0.751. The van der Waals surface area contributed by atoms with Crippen molar-refractivity contribution in [3.63, 3.8) is 0 Å². The first-order chi connectivity index (χ1) is 12.5. The number of nitrogens with zero attached hydrogens (tertiary/aromatic N) is 2. The van der Waals surface area contributed by atoms with Crippen LogP contribution in [0.3, 0.4) is 0 Å². The molecular weight excluding hydrogens is 354 g/mol. The van der Waals surface area contributed by atoms with E-state index in [9.17, 15) is 8.42 Å². The van der Waals surface area contributed by atoms with Crippen LogP contribution in [0.2, 0.25) is 0 Å². The zero-order valence-electron chi connectivity index (χ0n) is 14.4. The van der Waals surface area contributed by atoms with Gasteiger partial charge in [0.25, 0.3) is 0 Å². The zero-order chi connectivity index (χ0) is 18.6. The van der Waals surface area contributed by atoms with Crippen LogP contribution in [0.5, 0.6) is 11.5 Å². The zero-order valence-corrected chi connectivity index (χ0v) is 15.2. The van der Waals surface area contributed by atoms with Crippen molar-refractivity contribution in [2.45, 2.75) is 11.4 Å². The van der Waals surface area contributed by atoms with Gasteiger partial charge in [0, 0.05) is 25.0 Å². The van der Waals surface area contributed by atoms with E-state index in [1.54, 1.807) is 16.9 Å². The van der Waals surface area contributed by atoms with E-state index in [4.69, 9.17) is 9.47 Å². The van der Waals surface area contributed by atoms with Crippen molar-refractivity contribution in [2.75, 3.05) is 14.2 Å². The largest absolute Gasteiger partial charge is 0.497 e. The number of hydrogen-bond acceptors (Lipinski definition) is 5. The van der Waals surface area contributed by atoms with Crippen molar-refractivity contribution >= 4 is 10.0 Å². The van der Waals surface area contributed by atoms with Gasteiger partial charge in [-0.2, -0.15) is 5.10 Å². The van der Waals surface area contributed by atoms with Gasteiger partial charge < -0.3 is 9.47 Å². The van der Waals surface area contributed by atoms with Gasteiger partial charge in [-0.3, -0.25) is 0 Å². The van der Waals surface area contributed by atoms with Crippen LogP contribution < -0.4 is 14.2 Å². The minimum absolute atomic E-state index is 0.0639. The molecule has 0 aliphatic rings. The lowest BCUT2D eigenvalue weighted by molar-refractivity contribution is 0.386. The van der Waals surface area contributed by atoms with Crippen LogP contribution in [-0.2, 0) is 16.6 Å². The second-order valence-electron chi connectivity index (χ2n) is 5.46. The minimum Gasteiger partial charge on any atom is -0.497 e. The van der Waals surface area contributed by atoms with Gasteiger partial charge in [-0.1, -0.05) is 12.1 Å². The maximum atomic E-state index is 12.6. The Hall–Kier alpha value is -2.84. The molecule has 0 spiro atoms. The van der Waals surface area contributed by atoms with Gasteiger partial charge in [0.1, 0.15) is 16.4 Å². The fourth-order valence-electron chi connectivity index (χ4n) is 2.44. The number of aromatic nitrogens is 2. The SMILES string of the molecule is COc1ccc(S(=O)(=O)NCc2ccc(-n3cccn3)cc2)c(OC)c1. The van der Waals surface area contributed by atoms with Crippen LogP contribution in [0, 0.1) is 0 Å². The monoisotopic (exact) mass is 373 g/mol. The maximum absolute atomic E-state index is 12.6. The second-order valence-corrected chi connectivity index (χ2v) is 7.19. The summed E-state index contributed by atoms with van der Waals surface area (Å²) in [7, 11) is -0.801. The summed E-state index contributed by atoms with van der Waals surface area (Å²) in [5.41, 5.74) is 1.73. The first-order valence-electron chi connectivity index (χ1n) is 7.84. The molecule has 2 aromatic carbocycles. The third-order valence-corrected chi connectivity index (χ3v) is 5.27. The first kappa shape index (κ1) is 18.0. The molecule has 0 saturated heterocycles. The van der Waals surface area contributed by atoms with Crippen LogP contribution in [0.4, 0.5) is 0 Å². The number of benzene rings is 2. The molecule has 7 nitrogen and oxygen atoms in total. The van der Waals surface area contributed by atoms with Gasteiger partial charge in [0.2, 0.25) is 10.0 Å². The third kappa shape index (κ3) is 3.87. The van der Waals surface area contributed by atoms with E-state index in [-0.39, 0.29) is 17.2 Å². The number of ether oxygens (including phenoxy) is 2. The molecule has 136 valence electrons. The van der Waals surface area contributed by atoms with E-state index >= 15 is 0 Å². The highest BCUT2D eigenvalue weighted by molar-refractivity contribution is 7.89. The highest BCUT2D eigenvalue weighted by Gasteiger charge is 2.19. The van der Waals surface area contributed by atoms with Gasteiger partial charge in [0.05, 0.1) is 19.9 Å². The Labute approximate surface area is 152 Å². The Morgan fingerprint density at radius 2 is 1.85 bits per heavy atom. The van der Waals surface area contributed by atoms with Gasteiger partial charge in [-0.05, 0) is 35.9 Å². The van der Waals surface area contributed by atoms with Crippen molar-refractivity contribution in [3.05, 3.63) is 66.5 Å². The molecule has 0 amide bonds. The molecule has 0 aliphatic carbocycles. The van der Waals surface area contributed by atoms with E-state index in [2.05, 4.69) is 9.82 Å². The smallest absolute Gasteiger partial charge is 0.244 e. The molecule has 3 rings (SSSR count). The first-order valence-corrected chi connectivity index (χ1v) is 9.32. The van der Waals surface area contributed by atoms with Crippen LogP contribution in [0.25, 0.3) is 5.69 Å². The number of methoxy groups -OCH3 is 2. The maximum Gasteiger partial charge on any atom is 0.244 e. The Morgan fingerprint density at radius 1 is 1.08 bits per heavy atom. The molecule has 0 unspecified atom stereocenters. The summed E-state index contributed by atoms with van der Waals surface area (Å²) in [6, 6.07) is 13.9. The Kier molecular flexibility index (Phi) is 5.24. The lowest BCUT2D eigenvalue weighted by Crippen LogP contribution is -2.23. The van der Waals surface area contributed by atoms with Gasteiger partial charge in [0.15, 0.2) is 0 Å². The van der Waals surface area contributed by atoms with Crippen molar-refractivity contribution in [1.29, 1.82) is 0 Å². The van der Waals surface area contributed by atoms with E-state index < -0.39 is 10.0 Å². The lowest BCUT2D eigenvalue weighted by atomic mass is 10.2. The Bertz CT molecular complexity index is 968. The Balaban J connectivity index is 1.74. The van der Waals surface area contributed by atoms with E-state index in [1.807, 2.05) is 36.5 Å². The highest BCUT2D eigenvalue weighted by atomic mass is 32.2. The van der Waals surface area contributed by atoms with Crippen LogP contribution in [-0.4, -0.2) is 32.4 Å². The predicted octanol–water partition coefficient (Wildman–Crippen LogP) is 2.37. The molecule has 0 radical (unpaired) electrons. The molecule has 0 bridgehead atoms. The lowest BCUT2D eigenvalue weighted by Gasteiger charge is -2.12. The Morgan fingerprint density at radius 3 is 2.46 bits per heavy atom. The number of sulfonamides is 1. The molecule has 1 aromatic heterocycles. The van der Waals surface area contributed by atoms with Crippen LogP contribution in [0.15, 0.2) is 65.8 Å². The molecule has 0 aliphatic heterocycles. The fourth-order valence-corrected chi connectivity index (χ4v) is 3.61. The quantitative estimate of drug-likeness (QED) is 0.687. The summed E-state index contributed by atoms with van der Waals surface area (Å²) in [6.45, 7) is 0.164. The molecule has 0 atom stereocenters. The van der Waals surface area contributed by atoms with Crippen molar-refractivity contribution in [2.24, 2.45) is 0 Å². The van der Waals surface area contributed by atoms with Gasteiger partial charge >= 0.3 is 0 Å². The molecule has 1 N–H and O–H groups in total. The predicted molar refractivity (Wildman–Crippen MR) is 97.1 cm³/mol. The molecule has 1 heterocycles. The summed E-state index contributed by atoms with van der Waals surface area (Å²) in [6.07, 6.45) is 3.54. The summed E-state index contributed by atoms with van der Waals surface area (Å²) in [4.78, 5) is 0.0639. The number of rotatable bonds is 7. The second kappa shape index (κ2) is 7.59. The van der Waals surface area contributed by atoms with Gasteiger partial charge in [-0.25, -0.2) is 17.8 Å². The topological polar surface area (TPSA) is 82.5 Å². The third-order valence-electron chi connectivity index (χ3n) is 3.83. The average Bonchev–Trinajstić information content (AvgIpc) is 3.21. The summed E-state index contributed by atoms with van der Waals surface area (Å²) < 4.78 is 39.8. The van der Waals surface area contributed by atoms with Crippen molar-refractivity contribution < 1.29 is 17.9 Å². The molecule has 3 aromatic rings. The van der Waals surface area contributed by atoms with E-state index in [0.717, 1.165) is 11.3 Å². The average molecular weight is 373 g/mol. The normalized spacial score (nSPS) is 11.3. The van der Waals surface area contributed by atoms with E-state index in [1.165, 1.54) is 26.4 Å². The van der Waals surface area contributed by atoms with Crippen molar-refractivity contribution in [1.82, 2.24) is 14.5 Å². The van der Waals surface area contributed by atoms with E-state index in [0.29, 0.717) is 5.75 Å². The molecule has 0 saturated carbocycles. The highest BCUT2D eigenvalue weighted by Crippen LogP contribution is 2.28. The fraction of sp³-hybridized carbons (Fsp3) is 0.167. The standard InChI is InChI=1S/C18H19N3O4S/c1-24-16-8-9-18(17(12-16)25-2)26(22,23)20-13-14-4-6-15(7-5-14)21-11-3-10-19-21/h3-12,20H,13H2,1-2H3.